The SMILES string of the molecule is Cc1onc(-c2ccc(C(=O)NCCCOC3CCC4C5CC=C6CC(=O)CCC6(C)C5CCC34C)cc2)c1C(=O)NC1C(=O)N2C1SC(C)(C)C2C(=O)O. The van der Waals surface area contributed by atoms with Gasteiger partial charge < -0.3 is 29.9 Å². The number of hydrogen-bond acceptors (Lipinski definition) is 9. The van der Waals surface area contributed by atoms with Crippen molar-refractivity contribution in [2.24, 2.45) is 28.6 Å². The highest BCUT2D eigenvalue weighted by Gasteiger charge is 2.64. The molecule has 1 aromatic heterocycles. The summed E-state index contributed by atoms with van der Waals surface area (Å²) in [5, 5.41) is 19.1. The summed E-state index contributed by atoms with van der Waals surface area (Å²) < 4.78 is 11.2. The van der Waals surface area contributed by atoms with Crippen molar-refractivity contribution in [2.75, 3.05) is 13.2 Å². The maximum absolute atomic E-state index is 13.5. The fourth-order valence-corrected chi connectivity index (χ4v) is 12.9. The molecule has 1 aromatic carbocycles. The van der Waals surface area contributed by atoms with Gasteiger partial charge in [0.2, 0.25) is 5.91 Å². The highest BCUT2D eigenvalue weighted by Crippen LogP contribution is 2.65. The number of thioether (sulfide) groups is 1. The van der Waals surface area contributed by atoms with Gasteiger partial charge >= 0.3 is 5.97 Å². The number of carbonyl (C=O) groups excluding carboxylic acids is 4. The van der Waals surface area contributed by atoms with E-state index in [4.69, 9.17) is 9.26 Å². The molecule has 6 aliphatic rings. The second kappa shape index (κ2) is 13.9. The average Bonchev–Trinajstić information content (AvgIpc) is 3.79. The fraction of sp³-hybridized carbons (Fsp3) is 0.619. The number of nitrogens with one attached hydrogen (secondary N) is 2. The first-order chi connectivity index (χ1) is 26.1. The first-order valence-corrected chi connectivity index (χ1v) is 20.7. The average molecular weight is 773 g/mol. The number of aromatic nitrogens is 1. The van der Waals surface area contributed by atoms with E-state index in [1.54, 1.807) is 45.0 Å². The summed E-state index contributed by atoms with van der Waals surface area (Å²) in [6.07, 6.45) is 11.5. The van der Waals surface area contributed by atoms with Crippen molar-refractivity contribution >= 4 is 41.2 Å². The summed E-state index contributed by atoms with van der Waals surface area (Å²) >= 11 is 1.35. The first-order valence-electron chi connectivity index (χ1n) is 19.9. The van der Waals surface area contributed by atoms with Crippen LogP contribution in [0.4, 0.5) is 0 Å². The number of ether oxygens (including phenoxy) is 1. The highest BCUT2D eigenvalue weighted by atomic mass is 32.2. The van der Waals surface area contributed by atoms with Crippen LogP contribution in [0, 0.1) is 35.5 Å². The van der Waals surface area contributed by atoms with Gasteiger partial charge in [-0.05, 0) is 106 Å². The number of aryl methyl sites for hydroxylation is 1. The van der Waals surface area contributed by atoms with Crippen LogP contribution in [0.2, 0.25) is 0 Å². The molecule has 2 saturated heterocycles. The third-order valence-electron chi connectivity index (χ3n) is 14.2. The molecule has 3 amide bonds. The lowest BCUT2D eigenvalue weighted by molar-refractivity contribution is -0.159. The number of amides is 3. The van der Waals surface area contributed by atoms with E-state index >= 15 is 0 Å². The maximum atomic E-state index is 13.5. The van der Waals surface area contributed by atoms with Crippen molar-refractivity contribution in [3.63, 3.8) is 0 Å². The predicted molar refractivity (Wildman–Crippen MR) is 205 cm³/mol. The number of aliphatic carboxylic acids is 1. The molecule has 2 aromatic rings. The van der Waals surface area contributed by atoms with Crippen molar-refractivity contribution in [3.8, 4) is 11.3 Å². The van der Waals surface area contributed by atoms with Crippen molar-refractivity contribution in [2.45, 2.75) is 121 Å². The molecule has 0 radical (unpaired) electrons. The van der Waals surface area contributed by atoms with Crippen molar-refractivity contribution in [1.29, 1.82) is 0 Å². The van der Waals surface area contributed by atoms with Crippen LogP contribution in [0.25, 0.3) is 11.3 Å². The molecule has 5 fully saturated rings. The smallest absolute Gasteiger partial charge is 0.327 e. The molecule has 4 aliphatic carbocycles. The van der Waals surface area contributed by atoms with Gasteiger partial charge in [0.25, 0.3) is 11.8 Å². The molecule has 3 saturated carbocycles. The van der Waals surface area contributed by atoms with Crippen LogP contribution in [0.15, 0.2) is 40.4 Å². The maximum Gasteiger partial charge on any atom is 0.327 e. The number of β-lactam (4-membered cyclic amide) rings is 1. The minimum absolute atomic E-state index is 0.162. The van der Waals surface area contributed by atoms with Gasteiger partial charge in [-0.3, -0.25) is 19.2 Å². The monoisotopic (exact) mass is 772 g/mol. The van der Waals surface area contributed by atoms with E-state index in [0.29, 0.717) is 60.7 Å². The summed E-state index contributed by atoms with van der Waals surface area (Å²) in [4.78, 5) is 64.9. The Kier molecular flexibility index (Phi) is 9.58. The zero-order valence-electron chi connectivity index (χ0n) is 32.3. The summed E-state index contributed by atoms with van der Waals surface area (Å²) in [7, 11) is 0. The summed E-state index contributed by atoms with van der Waals surface area (Å²) in [6, 6.07) is 4.92. The number of carboxylic acid groups (broad SMARTS) is 1. The Hall–Kier alpha value is -3.97. The van der Waals surface area contributed by atoms with Crippen LogP contribution in [0.1, 0.15) is 112 Å². The van der Waals surface area contributed by atoms with Crippen LogP contribution >= 0.6 is 11.8 Å². The second-order valence-corrected chi connectivity index (χ2v) is 19.4. The van der Waals surface area contributed by atoms with E-state index in [1.165, 1.54) is 41.5 Å². The van der Waals surface area contributed by atoms with Gasteiger partial charge in [-0.1, -0.05) is 42.8 Å². The van der Waals surface area contributed by atoms with Gasteiger partial charge in [0, 0.05) is 41.9 Å². The topological polar surface area (TPSA) is 168 Å². The zero-order chi connectivity index (χ0) is 39.0. The Morgan fingerprint density at radius 2 is 1.80 bits per heavy atom. The molecule has 55 heavy (non-hydrogen) atoms. The number of rotatable bonds is 10. The first kappa shape index (κ1) is 37.9. The Bertz CT molecular complexity index is 1960. The normalized spacial score (nSPS) is 34.5. The van der Waals surface area contributed by atoms with E-state index < -0.39 is 40.0 Å². The minimum Gasteiger partial charge on any atom is -0.480 e. The number of Topliss-reactive ketones (excluding diaryl/α,β-unsaturated/α-hetero) is 1. The molecule has 9 unspecified atom stereocenters. The standard InChI is InChI=1S/C42H52N4O8S/c1-22-31(36(49)44-33-37(50)46-34(39(51)52)40(2,3)55-38(33)46)32(45-54-22)23-7-9-24(10-8-23)35(48)43-19-6-20-53-30-14-13-28-27-12-11-25-21-26(47)15-17-41(25,4)29(27)16-18-42(28,30)5/h7-11,27-30,33-34,38H,6,12-21H2,1-5H3,(H,43,48)(H,44,49)(H,51,52). The van der Waals surface area contributed by atoms with Gasteiger partial charge in [0.1, 0.15) is 40.3 Å². The molecular formula is C42H52N4O8S. The number of nitrogens with zero attached hydrogens (tertiary/aromatic N) is 2. The molecule has 9 atom stereocenters. The molecule has 0 bridgehead atoms. The number of allylic oxidation sites excluding steroid dienone is 2. The number of benzene rings is 1. The van der Waals surface area contributed by atoms with Gasteiger partial charge in [0.05, 0.1) is 6.10 Å². The molecule has 0 spiro atoms. The van der Waals surface area contributed by atoms with E-state index in [9.17, 15) is 29.1 Å². The number of carbonyl (C=O) groups is 5. The molecular weight excluding hydrogens is 721 g/mol. The zero-order valence-corrected chi connectivity index (χ0v) is 33.1. The largest absolute Gasteiger partial charge is 0.480 e. The molecule has 2 aliphatic heterocycles. The van der Waals surface area contributed by atoms with E-state index in [0.717, 1.165) is 25.7 Å². The fourth-order valence-electron chi connectivity index (χ4n) is 11.3. The van der Waals surface area contributed by atoms with Crippen LogP contribution in [-0.4, -0.2) is 86.1 Å². The molecule has 12 nitrogen and oxygen atoms in total. The number of carboxylic acids is 1. The quantitative estimate of drug-likeness (QED) is 0.150. The van der Waals surface area contributed by atoms with Gasteiger partial charge in [-0.2, -0.15) is 0 Å². The predicted octanol–water partition coefficient (Wildman–Crippen LogP) is 5.93. The van der Waals surface area contributed by atoms with Crippen LogP contribution < -0.4 is 10.6 Å². The Morgan fingerprint density at radius 3 is 2.55 bits per heavy atom. The summed E-state index contributed by atoms with van der Waals surface area (Å²) in [6.45, 7) is 11.1. The molecule has 8 rings (SSSR count). The third kappa shape index (κ3) is 6.24. The van der Waals surface area contributed by atoms with E-state index in [1.807, 2.05) is 0 Å². The van der Waals surface area contributed by atoms with Gasteiger partial charge in [0.15, 0.2) is 0 Å². The van der Waals surface area contributed by atoms with Crippen molar-refractivity contribution in [1.82, 2.24) is 20.7 Å². The molecule has 3 N–H and O–H groups in total. The van der Waals surface area contributed by atoms with Crippen LogP contribution in [0.3, 0.4) is 0 Å². The Morgan fingerprint density at radius 1 is 1.04 bits per heavy atom. The highest BCUT2D eigenvalue weighted by molar-refractivity contribution is 8.01. The lowest BCUT2D eigenvalue weighted by Gasteiger charge is -2.57. The molecule has 13 heteroatoms. The minimum atomic E-state index is -1.07. The van der Waals surface area contributed by atoms with Crippen molar-refractivity contribution in [3.05, 3.63) is 52.8 Å². The number of fused-ring (bicyclic) bond motifs is 6. The molecule has 3 heterocycles. The lowest BCUT2D eigenvalue weighted by Crippen LogP contribution is -2.70. The second-order valence-electron chi connectivity index (χ2n) is 17.7. The summed E-state index contributed by atoms with van der Waals surface area (Å²) in [5.74, 6) is 0.381. The van der Waals surface area contributed by atoms with Crippen molar-refractivity contribution < 1.29 is 38.3 Å². The third-order valence-corrected chi connectivity index (χ3v) is 15.8. The van der Waals surface area contributed by atoms with Gasteiger partial charge in [-0.15, -0.1) is 11.8 Å². The lowest BCUT2D eigenvalue weighted by atomic mass is 9.48. The summed E-state index contributed by atoms with van der Waals surface area (Å²) in [5.41, 5.74) is 3.24. The van der Waals surface area contributed by atoms with Crippen LogP contribution in [-0.2, 0) is 19.1 Å². The van der Waals surface area contributed by atoms with Crippen LogP contribution in [0.5, 0.6) is 0 Å². The van der Waals surface area contributed by atoms with E-state index in [2.05, 4.69) is 35.7 Å². The Balaban J connectivity index is 0.820. The van der Waals surface area contributed by atoms with Gasteiger partial charge in [-0.25, -0.2) is 4.79 Å². The number of hydrogen-bond donors (Lipinski definition) is 3. The Labute approximate surface area is 325 Å². The molecule has 294 valence electrons. The van der Waals surface area contributed by atoms with E-state index in [-0.39, 0.29) is 39.9 Å². The number of ketones is 1.